The highest BCUT2D eigenvalue weighted by molar-refractivity contribution is 5.91. The van der Waals surface area contributed by atoms with E-state index in [-0.39, 0.29) is 5.92 Å². The molecule has 2 aliphatic rings. The molecule has 4 N–H and O–H groups in total. The van der Waals surface area contributed by atoms with Crippen LogP contribution in [-0.4, -0.2) is 66.7 Å². The molecule has 1 aromatic carbocycles. The number of benzene rings is 1. The van der Waals surface area contributed by atoms with Gasteiger partial charge in [-0.25, -0.2) is 9.24 Å². The molecule has 0 aromatic heterocycles. The maximum atomic E-state index is 13.3. The molecular formula is C21H28FN5O3. The third-order valence-electron chi connectivity index (χ3n) is 5.89. The van der Waals surface area contributed by atoms with E-state index in [0.717, 1.165) is 31.4 Å². The van der Waals surface area contributed by atoms with Crippen LogP contribution in [0.2, 0.25) is 0 Å². The molecule has 3 rings (SSSR count). The molecule has 0 radical (unpaired) electrons. The molecule has 2 saturated heterocycles. The molecule has 2 aliphatic heterocycles. The first kappa shape index (κ1) is 22.0. The minimum atomic E-state index is -1.57. The van der Waals surface area contributed by atoms with E-state index in [1.54, 1.807) is 11.0 Å². The SMILES string of the molecule is [C-]#[N+]c1cc(F)ccc1N1CCC(CNC(=O)[C@H](O)[C@@H](N)C(=O)N2CCCC2)CC1. The van der Waals surface area contributed by atoms with Crippen LogP contribution in [0.1, 0.15) is 25.7 Å². The van der Waals surface area contributed by atoms with Gasteiger partial charge in [0.25, 0.3) is 5.91 Å². The van der Waals surface area contributed by atoms with Gasteiger partial charge in [-0.3, -0.25) is 9.59 Å². The van der Waals surface area contributed by atoms with Crippen LogP contribution in [0.5, 0.6) is 0 Å². The highest BCUT2D eigenvalue weighted by Gasteiger charge is 2.33. The number of nitrogens with one attached hydrogen (secondary N) is 1. The number of carbonyl (C=O) groups is 2. The number of piperidine rings is 1. The highest BCUT2D eigenvalue weighted by Crippen LogP contribution is 2.32. The molecule has 2 fully saturated rings. The van der Waals surface area contributed by atoms with Crippen molar-refractivity contribution in [3.05, 3.63) is 35.4 Å². The van der Waals surface area contributed by atoms with Gasteiger partial charge < -0.3 is 26.0 Å². The molecular weight excluding hydrogens is 389 g/mol. The number of hydrogen-bond acceptors (Lipinski definition) is 5. The molecule has 2 amide bonds. The van der Waals surface area contributed by atoms with Crippen LogP contribution < -0.4 is 16.0 Å². The average Bonchev–Trinajstić information content (AvgIpc) is 3.31. The number of aliphatic hydroxyl groups excluding tert-OH is 1. The summed E-state index contributed by atoms with van der Waals surface area (Å²) < 4.78 is 13.3. The Morgan fingerprint density at radius 3 is 2.57 bits per heavy atom. The molecule has 1 aromatic rings. The van der Waals surface area contributed by atoms with Crippen LogP contribution in [0, 0.1) is 18.3 Å². The summed E-state index contributed by atoms with van der Waals surface area (Å²) in [7, 11) is 0. The van der Waals surface area contributed by atoms with Gasteiger partial charge in [-0.15, -0.1) is 0 Å². The second kappa shape index (κ2) is 9.87. The van der Waals surface area contributed by atoms with Crippen molar-refractivity contribution in [3.63, 3.8) is 0 Å². The first-order chi connectivity index (χ1) is 14.4. The van der Waals surface area contributed by atoms with Crippen molar-refractivity contribution in [2.75, 3.05) is 37.6 Å². The zero-order valence-electron chi connectivity index (χ0n) is 16.9. The Balaban J connectivity index is 1.45. The van der Waals surface area contributed by atoms with E-state index in [9.17, 15) is 19.1 Å². The van der Waals surface area contributed by atoms with Gasteiger partial charge in [0.2, 0.25) is 11.6 Å². The number of halogens is 1. The van der Waals surface area contributed by atoms with Gasteiger partial charge in [0.05, 0.1) is 6.57 Å². The van der Waals surface area contributed by atoms with E-state index in [1.165, 1.54) is 12.1 Å². The quantitative estimate of drug-likeness (QED) is 0.600. The lowest BCUT2D eigenvalue weighted by Gasteiger charge is -2.34. The fraction of sp³-hybridized carbons (Fsp3) is 0.571. The molecule has 8 nitrogen and oxygen atoms in total. The predicted molar refractivity (Wildman–Crippen MR) is 110 cm³/mol. The van der Waals surface area contributed by atoms with Gasteiger partial charge in [0.1, 0.15) is 11.9 Å². The molecule has 162 valence electrons. The van der Waals surface area contributed by atoms with Crippen molar-refractivity contribution in [3.8, 4) is 0 Å². The number of rotatable bonds is 6. The number of likely N-dealkylation sites (tertiary alicyclic amines) is 1. The highest BCUT2D eigenvalue weighted by atomic mass is 19.1. The van der Waals surface area contributed by atoms with Crippen molar-refractivity contribution in [1.29, 1.82) is 0 Å². The fourth-order valence-electron chi connectivity index (χ4n) is 4.03. The van der Waals surface area contributed by atoms with Crippen molar-refractivity contribution >= 4 is 23.2 Å². The first-order valence-electron chi connectivity index (χ1n) is 10.3. The summed E-state index contributed by atoms with van der Waals surface area (Å²) >= 11 is 0. The van der Waals surface area contributed by atoms with E-state index in [1.807, 2.05) is 4.90 Å². The van der Waals surface area contributed by atoms with E-state index in [0.29, 0.717) is 38.4 Å². The summed E-state index contributed by atoms with van der Waals surface area (Å²) in [4.78, 5) is 31.5. The number of aliphatic hydroxyl groups is 1. The van der Waals surface area contributed by atoms with Crippen molar-refractivity contribution in [2.24, 2.45) is 11.7 Å². The van der Waals surface area contributed by atoms with Crippen LogP contribution in [0.15, 0.2) is 18.2 Å². The van der Waals surface area contributed by atoms with Gasteiger partial charge in [0, 0.05) is 38.4 Å². The van der Waals surface area contributed by atoms with Gasteiger partial charge in [0.15, 0.2) is 6.10 Å². The summed E-state index contributed by atoms with van der Waals surface area (Å²) in [6.45, 7) is 10.2. The molecule has 30 heavy (non-hydrogen) atoms. The summed E-state index contributed by atoms with van der Waals surface area (Å²) in [6.07, 6.45) is 1.82. The van der Waals surface area contributed by atoms with E-state index >= 15 is 0 Å². The molecule has 9 heteroatoms. The smallest absolute Gasteiger partial charge is 0.251 e. The fourth-order valence-corrected chi connectivity index (χ4v) is 4.03. The monoisotopic (exact) mass is 417 g/mol. The largest absolute Gasteiger partial charge is 0.381 e. The lowest BCUT2D eigenvalue weighted by Crippen LogP contribution is -2.55. The van der Waals surface area contributed by atoms with Crippen molar-refractivity contribution in [2.45, 2.75) is 37.8 Å². The minimum Gasteiger partial charge on any atom is -0.381 e. The van der Waals surface area contributed by atoms with Gasteiger partial charge >= 0.3 is 0 Å². The average molecular weight is 417 g/mol. The molecule has 0 bridgehead atoms. The summed E-state index contributed by atoms with van der Waals surface area (Å²) in [5.74, 6) is -1.24. The Morgan fingerprint density at radius 1 is 1.27 bits per heavy atom. The molecule has 2 heterocycles. The summed E-state index contributed by atoms with van der Waals surface area (Å²) in [5, 5.41) is 12.9. The number of nitrogens with two attached hydrogens (primary N) is 1. The van der Waals surface area contributed by atoms with Crippen molar-refractivity contribution in [1.82, 2.24) is 10.2 Å². The van der Waals surface area contributed by atoms with Gasteiger partial charge in [-0.2, -0.15) is 0 Å². The van der Waals surface area contributed by atoms with Crippen molar-refractivity contribution < 1.29 is 19.1 Å². The number of amides is 2. The maximum absolute atomic E-state index is 13.3. The number of hydrogen-bond donors (Lipinski definition) is 3. The first-order valence-corrected chi connectivity index (χ1v) is 10.3. The minimum absolute atomic E-state index is 0.208. The Kier molecular flexibility index (Phi) is 7.24. The molecule has 0 unspecified atom stereocenters. The standard InChI is InChI=1S/C21H28FN5O3/c1-24-16-12-15(22)4-5-17(16)26-10-6-14(7-11-26)13-25-20(29)19(28)18(23)21(30)27-8-2-3-9-27/h4-5,12,14,18-19,28H,2-3,6-11,13,23H2,(H,25,29)/t18-,19-/m1/s1. The maximum Gasteiger partial charge on any atom is 0.251 e. The molecule has 0 saturated carbocycles. The van der Waals surface area contributed by atoms with Crippen LogP contribution in [0.25, 0.3) is 4.85 Å². The summed E-state index contributed by atoms with van der Waals surface area (Å²) in [5.41, 5.74) is 6.82. The third kappa shape index (κ3) is 5.07. The number of carbonyl (C=O) groups excluding carboxylic acids is 2. The Labute approximate surface area is 175 Å². The Bertz CT molecular complexity index is 813. The second-order valence-corrected chi connectivity index (χ2v) is 7.92. The third-order valence-corrected chi connectivity index (χ3v) is 5.89. The van der Waals surface area contributed by atoms with Crippen LogP contribution in [-0.2, 0) is 9.59 Å². The van der Waals surface area contributed by atoms with E-state index < -0.39 is 29.8 Å². The van der Waals surface area contributed by atoms with Gasteiger partial charge in [-0.1, -0.05) is 0 Å². The summed E-state index contributed by atoms with van der Waals surface area (Å²) in [6, 6.07) is 2.96. The van der Waals surface area contributed by atoms with Gasteiger partial charge in [-0.05, 0) is 49.8 Å². The molecule has 2 atom stereocenters. The topological polar surface area (TPSA) is 103 Å². The number of nitrogens with zero attached hydrogens (tertiary/aromatic N) is 3. The molecule has 0 aliphatic carbocycles. The van der Waals surface area contributed by atoms with Crippen LogP contribution >= 0.6 is 0 Å². The lowest BCUT2D eigenvalue weighted by atomic mass is 9.96. The zero-order chi connectivity index (χ0) is 21.7. The van der Waals surface area contributed by atoms with E-state index in [4.69, 9.17) is 12.3 Å². The van der Waals surface area contributed by atoms with Crippen LogP contribution in [0.4, 0.5) is 15.8 Å². The normalized spacial score (nSPS) is 19.3. The Morgan fingerprint density at radius 2 is 1.93 bits per heavy atom. The second-order valence-electron chi connectivity index (χ2n) is 7.92. The van der Waals surface area contributed by atoms with Crippen LogP contribution in [0.3, 0.4) is 0 Å². The zero-order valence-corrected chi connectivity index (χ0v) is 16.9. The number of anilines is 1. The molecule has 0 spiro atoms. The van der Waals surface area contributed by atoms with E-state index in [2.05, 4.69) is 10.2 Å². The lowest BCUT2D eigenvalue weighted by molar-refractivity contribution is -0.141. The predicted octanol–water partition coefficient (Wildman–Crippen LogP) is 1.02. The Hall–Kier alpha value is -2.70.